The molecule has 0 amide bonds. The molecule has 0 spiro atoms. The Morgan fingerprint density at radius 3 is 3.00 bits per heavy atom. The quantitative estimate of drug-likeness (QED) is 0.306. The lowest BCUT2D eigenvalue weighted by molar-refractivity contribution is 0.0200. The molecule has 1 heterocycles. The molecule has 3 N–H and O–H groups in total. The van der Waals surface area contributed by atoms with Crippen LogP contribution in [0.3, 0.4) is 0 Å². The second-order valence-electron chi connectivity index (χ2n) is 4.80. The van der Waals surface area contributed by atoms with E-state index < -0.39 is 0 Å². The van der Waals surface area contributed by atoms with Gasteiger partial charge in [0.1, 0.15) is 5.75 Å². The van der Waals surface area contributed by atoms with Gasteiger partial charge in [-0.1, -0.05) is 12.1 Å². The summed E-state index contributed by atoms with van der Waals surface area (Å²) in [6.45, 7) is 2.53. The lowest BCUT2D eigenvalue weighted by Crippen LogP contribution is -2.24. The van der Waals surface area contributed by atoms with Gasteiger partial charge in [0.05, 0.1) is 38.7 Å². The number of hydrogen-bond acceptors (Lipinski definition) is 4. The number of para-hydroxylation sites is 2. The van der Waals surface area contributed by atoms with Gasteiger partial charge in [0, 0.05) is 6.61 Å². The van der Waals surface area contributed by atoms with Crippen LogP contribution in [0, 0.1) is 0 Å². The van der Waals surface area contributed by atoms with E-state index in [1.807, 2.05) is 24.3 Å². The molecule has 1 fully saturated rings. The fourth-order valence-corrected chi connectivity index (χ4v) is 2.15. The summed E-state index contributed by atoms with van der Waals surface area (Å²) in [4.78, 5) is 4.22. The number of nitrogens with one attached hydrogen (secondary N) is 1. The van der Waals surface area contributed by atoms with Crippen molar-refractivity contribution >= 4 is 35.6 Å². The highest BCUT2D eigenvalue weighted by atomic mass is 127. The lowest BCUT2D eigenvalue weighted by atomic mass is 10.2. The maximum atomic E-state index is 5.84. The zero-order valence-electron chi connectivity index (χ0n) is 12.8. The van der Waals surface area contributed by atoms with Crippen molar-refractivity contribution in [2.75, 3.05) is 38.8 Å². The summed E-state index contributed by atoms with van der Waals surface area (Å²) in [6.07, 6.45) is 2.46. The highest BCUT2D eigenvalue weighted by Gasteiger charge is 2.14. The Hall–Kier alpha value is -1.06. The molecule has 124 valence electrons. The van der Waals surface area contributed by atoms with E-state index in [-0.39, 0.29) is 30.1 Å². The fourth-order valence-electron chi connectivity index (χ4n) is 2.15. The van der Waals surface area contributed by atoms with Gasteiger partial charge >= 0.3 is 0 Å². The number of methoxy groups -OCH3 is 1. The lowest BCUT2D eigenvalue weighted by Gasteiger charge is -2.11. The Labute approximate surface area is 148 Å². The predicted octanol–water partition coefficient (Wildman–Crippen LogP) is 2.24. The van der Waals surface area contributed by atoms with Gasteiger partial charge < -0.3 is 25.3 Å². The number of nitrogens with zero attached hydrogens (tertiary/aromatic N) is 1. The SMILES string of the molecule is COc1ccccc1NC(N)=NCCOCC1CCCO1.I. The number of halogens is 1. The zero-order chi connectivity index (χ0) is 14.9. The maximum Gasteiger partial charge on any atom is 0.193 e. The van der Waals surface area contributed by atoms with Crippen molar-refractivity contribution in [3.63, 3.8) is 0 Å². The summed E-state index contributed by atoms with van der Waals surface area (Å²) in [7, 11) is 1.62. The molecular formula is C15H24IN3O3. The molecule has 1 aromatic carbocycles. The monoisotopic (exact) mass is 421 g/mol. The van der Waals surface area contributed by atoms with Gasteiger partial charge in [-0.05, 0) is 25.0 Å². The minimum atomic E-state index is 0. The first-order chi connectivity index (χ1) is 10.3. The van der Waals surface area contributed by atoms with Gasteiger partial charge in [0.2, 0.25) is 0 Å². The molecule has 0 aromatic heterocycles. The molecule has 22 heavy (non-hydrogen) atoms. The van der Waals surface area contributed by atoms with Crippen LogP contribution in [0.2, 0.25) is 0 Å². The summed E-state index contributed by atoms with van der Waals surface area (Å²) >= 11 is 0. The Bertz CT molecular complexity index is 465. The summed E-state index contributed by atoms with van der Waals surface area (Å²) in [5.74, 6) is 1.07. The van der Waals surface area contributed by atoms with E-state index in [1.54, 1.807) is 7.11 Å². The van der Waals surface area contributed by atoms with Crippen LogP contribution in [0.25, 0.3) is 0 Å². The highest BCUT2D eigenvalue weighted by Crippen LogP contribution is 2.22. The van der Waals surface area contributed by atoms with E-state index in [0.29, 0.717) is 25.7 Å². The smallest absolute Gasteiger partial charge is 0.193 e. The third-order valence-corrected chi connectivity index (χ3v) is 3.22. The van der Waals surface area contributed by atoms with E-state index in [4.69, 9.17) is 19.9 Å². The van der Waals surface area contributed by atoms with Crippen molar-refractivity contribution in [2.45, 2.75) is 18.9 Å². The fraction of sp³-hybridized carbons (Fsp3) is 0.533. The van der Waals surface area contributed by atoms with Crippen molar-refractivity contribution in [3.8, 4) is 5.75 Å². The van der Waals surface area contributed by atoms with E-state index in [1.165, 1.54) is 0 Å². The number of guanidine groups is 1. The minimum Gasteiger partial charge on any atom is -0.495 e. The van der Waals surface area contributed by atoms with Gasteiger partial charge in [0.25, 0.3) is 0 Å². The van der Waals surface area contributed by atoms with Crippen LogP contribution in [-0.2, 0) is 9.47 Å². The average molecular weight is 421 g/mol. The number of benzene rings is 1. The maximum absolute atomic E-state index is 5.84. The third-order valence-electron chi connectivity index (χ3n) is 3.22. The molecule has 1 atom stereocenters. The van der Waals surface area contributed by atoms with E-state index in [2.05, 4.69) is 10.3 Å². The van der Waals surface area contributed by atoms with Gasteiger partial charge in [-0.2, -0.15) is 0 Å². The van der Waals surface area contributed by atoms with Gasteiger partial charge in [-0.15, -0.1) is 24.0 Å². The van der Waals surface area contributed by atoms with E-state index >= 15 is 0 Å². The van der Waals surface area contributed by atoms with Crippen LogP contribution in [0.1, 0.15) is 12.8 Å². The summed E-state index contributed by atoms with van der Waals surface area (Å²) < 4.78 is 16.2. The van der Waals surface area contributed by atoms with Crippen molar-refractivity contribution in [3.05, 3.63) is 24.3 Å². The topological polar surface area (TPSA) is 78.1 Å². The number of rotatable bonds is 7. The molecule has 0 aliphatic carbocycles. The van der Waals surface area contributed by atoms with Crippen LogP contribution in [0.4, 0.5) is 5.69 Å². The Balaban J connectivity index is 0.00000242. The number of anilines is 1. The van der Waals surface area contributed by atoms with Crippen molar-refractivity contribution < 1.29 is 14.2 Å². The molecular weight excluding hydrogens is 397 g/mol. The third kappa shape index (κ3) is 6.37. The normalized spacial score (nSPS) is 17.9. The first-order valence-corrected chi connectivity index (χ1v) is 7.19. The van der Waals surface area contributed by atoms with Gasteiger partial charge in [-0.3, -0.25) is 4.99 Å². The second kappa shape index (κ2) is 10.6. The molecule has 1 aliphatic rings. The van der Waals surface area contributed by atoms with Gasteiger partial charge in [-0.25, -0.2) is 0 Å². The summed E-state index contributed by atoms with van der Waals surface area (Å²) in [5.41, 5.74) is 6.63. The highest BCUT2D eigenvalue weighted by molar-refractivity contribution is 14.0. The minimum absolute atomic E-state index is 0. The molecule has 2 rings (SSSR count). The van der Waals surface area contributed by atoms with Crippen LogP contribution in [-0.4, -0.2) is 45.5 Å². The molecule has 0 saturated carbocycles. The first-order valence-electron chi connectivity index (χ1n) is 7.19. The number of aliphatic imine (C=N–C) groups is 1. The molecule has 0 bridgehead atoms. The summed E-state index contributed by atoms with van der Waals surface area (Å²) in [6, 6.07) is 7.55. The largest absolute Gasteiger partial charge is 0.495 e. The Kier molecular flexibility index (Phi) is 9.17. The van der Waals surface area contributed by atoms with Crippen molar-refractivity contribution in [1.29, 1.82) is 0 Å². The Morgan fingerprint density at radius 1 is 1.45 bits per heavy atom. The molecule has 6 nitrogen and oxygen atoms in total. The Morgan fingerprint density at radius 2 is 2.27 bits per heavy atom. The molecule has 1 aliphatic heterocycles. The molecule has 1 saturated heterocycles. The van der Waals surface area contributed by atoms with Crippen LogP contribution < -0.4 is 15.8 Å². The van der Waals surface area contributed by atoms with Crippen LogP contribution >= 0.6 is 24.0 Å². The van der Waals surface area contributed by atoms with E-state index in [0.717, 1.165) is 30.9 Å². The van der Waals surface area contributed by atoms with Crippen molar-refractivity contribution in [2.24, 2.45) is 10.7 Å². The second-order valence-corrected chi connectivity index (χ2v) is 4.80. The average Bonchev–Trinajstić information content (AvgIpc) is 3.01. The number of nitrogens with two attached hydrogens (primary N) is 1. The van der Waals surface area contributed by atoms with Gasteiger partial charge in [0.15, 0.2) is 5.96 Å². The molecule has 7 heteroatoms. The standard InChI is InChI=1S/C15H23N3O3.HI/c1-19-14-7-3-2-6-13(14)18-15(16)17-8-10-20-11-12-5-4-9-21-12;/h2-3,6-7,12H,4-5,8-11H2,1H3,(H3,16,17,18);1H. The summed E-state index contributed by atoms with van der Waals surface area (Å²) in [5, 5.41) is 3.02. The molecule has 0 radical (unpaired) electrons. The zero-order valence-corrected chi connectivity index (χ0v) is 15.1. The predicted molar refractivity (Wildman–Crippen MR) is 98.3 cm³/mol. The first kappa shape index (κ1) is 19.0. The van der Waals surface area contributed by atoms with Crippen LogP contribution in [0.15, 0.2) is 29.3 Å². The molecule has 1 unspecified atom stereocenters. The molecule has 1 aromatic rings. The van der Waals surface area contributed by atoms with E-state index in [9.17, 15) is 0 Å². The van der Waals surface area contributed by atoms with Crippen molar-refractivity contribution in [1.82, 2.24) is 0 Å². The number of ether oxygens (including phenoxy) is 3. The van der Waals surface area contributed by atoms with Crippen LogP contribution in [0.5, 0.6) is 5.75 Å². The number of hydrogen-bond donors (Lipinski definition) is 2.